The molecule has 8 nitrogen and oxygen atoms in total. The fourth-order valence-corrected chi connectivity index (χ4v) is 7.28. The summed E-state index contributed by atoms with van der Waals surface area (Å²) < 4.78 is 11.8. The summed E-state index contributed by atoms with van der Waals surface area (Å²) in [5, 5.41) is 2.47. The zero-order valence-corrected chi connectivity index (χ0v) is 27.4. The number of thioether (sulfide) groups is 1. The highest BCUT2D eigenvalue weighted by molar-refractivity contribution is 8.00. The third kappa shape index (κ3) is 7.48. The maximum atomic E-state index is 13.6. The van der Waals surface area contributed by atoms with Gasteiger partial charge in [0, 0.05) is 18.6 Å². The van der Waals surface area contributed by atoms with Gasteiger partial charge in [0.2, 0.25) is 5.91 Å². The van der Waals surface area contributed by atoms with Gasteiger partial charge in [-0.3, -0.25) is 19.3 Å². The Bertz CT molecular complexity index is 1710. The van der Waals surface area contributed by atoms with Gasteiger partial charge in [-0.1, -0.05) is 133 Å². The van der Waals surface area contributed by atoms with Gasteiger partial charge >= 0.3 is 11.9 Å². The summed E-state index contributed by atoms with van der Waals surface area (Å²) in [5.74, 6) is -1.69. The topological polar surface area (TPSA) is 102 Å². The Morgan fingerprint density at radius 1 is 0.729 bits per heavy atom. The van der Waals surface area contributed by atoms with Crippen molar-refractivity contribution in [2.24, 2.45) is 0 Å². The fraction of sp³-hybridized carbons (Fsp3) is 0.211. The molecule has 6 rings (SSSR count). The van der Waals surface area contributed by atoms with Crippen molar-refractivity contribution in [2.75, 3.05) is 5.75 Å². The van der Waals surface area contributed by atoms with Crippen LogP contribution >= 0.6 is 23.4 Å². The summed E-state index contributed by atoms with van der Waals surface area (Å²) in [6.45, 7) is 0. The number of ether oxygens (including phenoxy) is 2. The summed E-state index contributed by atoms with van der Waals surface area (Å²) in [4.78, 5) is 53.9. The Kier molecular flexibility index (Phi) is 10.6. The van der Waals surface area contributed by atoms with Crippen LogP contribution in [0.1, 0.15) is 53.7 Å². The molecular weight excluding hydrogens is 648 g/mol. The molecule has 0 aliphatic carbocycles. The van der Waals surface area contributed by atoms with Gasteiger partial charge < -0.3 is 14.8 Å². The van der Waals surface area contributed by atoms with Crippen molar-refractivity contribution in [3.05, 3.63) is 154 Å². The minimum Gasteiger partial charge on any atom is -0.453 e. The van der Waals surface area contributed by atoms with E-state index in [4.69, 9.17) is 21.1 Å². The first-order valence-corrected chi connectivity index (χ1v) is 17.1. The molecule has 1 fully saturated rings. The molecule has 4 aromatic carbocycles. The molecule has 2 atom stereocenters. The molecule has 244 valence electrons. The molecule has 0 spiro atoms. The number of fused-ring (bicyclic) bond motifs is 1. The molecule has 10 heteroatoms. The van der Waals surface area contributed by atoms with Crippen molar-refractivity contribution < 1.29 is 28.7 Å². The van der Waals surface area contributed by atoms with Gasteiger partial charge in [0.1, 0.15) is 17.1 Å². The van der Waals surface area contributed by atoms with Gasteiger partial charge in [-0.25, -0.2) is 4.79 Å². The molecule has 48 heavy (non-hydrogen) atoms. The van der Waals surface area contributed by atoms with Gasteiger partial charge in [0.05, 0.1) is 5.03 Å². The highest BCUT2D eigenvalue weighted by atomic mass is 35.5. The highest BCUT2D eigenvalue weighted by Crippen LogP contribution is 2.42. The van der Waals surface area contributed by atoms with Crippen LogP contribution in [-0.4, -0.2) is 45.8 Å². The number of nitrogens with zero attached hydrogens (tertiary/aromatic N) is 1. The second kappa shape index (κ2) is 15.4. The van der Waals surface area contributed by atoms with Crippen LogP contribution in [0.2, 0.25) is 0 Å². The predicted molar refractivity (Wildman–Crippen MR) is 183 cm³/mol. The lowest BCUT2D eigenvalue weighted by molar-refractivity contribution is -0.154. The van der Waals surface area contributed by atoms with Crippen LogP contribution in [0.5, 0.6) is 0 Å². The van der Waals surface area contributed by atoms with Crippen LogP contribution in [-0.2, 0) is 28.7 Å². The van der Waals surface area contributed by atoms with Crippen LogP contribution < -0.4 is 5.32 Å². The van der Waals surface area contributed by atoms with Crippen molar-refractivity contribution in [3.8, 4) is 0 Å². The van der Waals surface area contributed by atoms with Crippen LogP contribution in [0.4, 0.5) is 0 Å². The maximum absolute atomic E-state index is 13.6. The number of benzene rings is 4. The van der Waals surface area contributed by atoms with E-state index in [1.54, 1.807) is 0 Å². The lowest BCUT2D eigenvalue weighted by Crippen LogP contribution is -2.70. The smallest absolute Gasteiger partial charge is 0.357 e. The number of hydrogen-bond acceptors (Lipinski definition) is 7. The van der Waals surface area contributed by atoms with Crippen LogP contribution in [0.15, 0.2) is 132 Å². The number of esters is 2. The summed E-state index contributed by atoms with van der Waals surface area (Å²) >= 11 is 7.87. The first-order valence-electron chi connectivity index (χ1n) is 15.6. The second-order valence-corrected chi connectivity index (χ2v) is 12.9. The molecular formula is C38H33ClN2O6S. The number of halogens is 1. The van der Waals surface area contributed by atoms with Crippen molar-refractivity contribution in [1.29, 1.82) is 0 Å². The van der Waals surface area contributed by atoms with Gasteiger partial charge in [0.15, 0.2) is 12.2 Å². The summed E-state index contributed by atoms with van der Waals surface area (Å²) in [6, 6.07) is 36.8. The Morgan fingerprint density at radius 3 is 1.67 bits per heavy atom. The summed E-state index contributed by atoms with van der Waals surface area (Å²) in [7, 11) is 0. The van der Waals surface area contributed by atoms with Crippen LogP contribution in [0, 0.1) is 0 Å². The van der Waals surface area contributed by atoms with E-state index in [-0.39, 0.29) is 41.7 Å². The number of amides is 2. The lowest BCUT2D eigenvalue weighted by atomic mass is 10.0. The van der Waals surface area contributed by atoms with Crippen molar-refractivity contribution in [2.45, 2.75) is 42.9 Å². The first-order chi connectivity index (χ1) is 23.4. The summed E-state index contributed by atoms with van der Waals surface area (Å²) in [6.07, 6.45) is -0.970. The van der Waals surface area contributed by atoms with E-state index >= 15 is 0 Å². The number of carbonyl (C=O) groups is 4. The van der Waals surface area contributed by atoms with Crippen molar-refractivity contribution in [1.82, 2.24) is 10.2 Å². The number of hydrogen-bond donors (Lipinski definition) is 1. The van der Waals surface area contributed by atoms with E-state index in [0.29, 0.717) is 0 Å². The third-order valence-corrected chi connectivity index (χ3v) is 9.85. The molecule has 4 aromatic rings. The van der Waals surface area contributed by atoms with E-state index < -0.39 is 41.5 Å². The van der Waals surface area contributed by atoms with Gasteiger partial charge in [-0.2, -0.15) is 0 Å². The zero-order valence-electron chi connectivity index (χ0n) is 25.9. The molecule has 2 heterocycles. The normalized spacial score (nSPS) is 17.1. The Balaban J connectivity index is 1.04. The number of carbonyl (C=O) groups excluding carboxylic acids is 4. The van der Waals surface area contributed by atoms with Crippen molar-refractivity contribution >= 4 is 47.1 Å². The largest absolute Gasteiger partial charge is 0.453 e. The monoisotopic (exact) mass is 680 g/mol. The highest BCUT2D eigenvalue weighted by Gasteiger charge is 2.54. The average molecular weight is 681 g/mol. The standard InChI is InChI=1S/C38H33ClN2O6S/c39-29-24-48-37-32(36(44)41(37)33(29)38(45)47-35(27-18-9-3-10-19-27)28-20-11-4-12-21-28)40-30(42)22-13-23-31(43)46-34(25-14-5-1-6-15-25)26-16-7-2-8-17-26/h1-12,14-21,32,34-35,37H,13,22-24H2,(H,40,42). The molecule has 2 unspecified atom stereocenters. The second-order valence-electron chi connectivity index (χ2n) is 11.4. The zero-order chi connectivity index (χ0) is 33.5. The predicted octanol–water partition coefficient (Wildman–Crippen LogP) is 6.67. The van der Waals surface area contributed by atoms with E-state index in [2.05, 4.69) is 5.32 Å². The SMILES string of the molecule is O=C(CCCC(=O)OC(c1ccccc1)c1ccccc1)NC1C(=O)N2C(C(=O)OC(c3ccccc3)c3ccccc3)=C(Cl)CSC12. The average Bonchev–Trinajstić information content (AvgIpc) is 3.13. The maximum Gasteiger partial charge on any atom is 0.357 e. The van der Waals surface area contributed by atoms with Crippen LogP contribution in [0.3, 0.4) is 0 Å². The minimum absolute atomic E-state index is 0.0121. The molecule has 1 N–H and O–H groups in total. The minimum atomic E-state index is -0.832. The molecule has 0 radical (unpaired) electrons. The van der Waals surface area contributed by atoms with Gasteiger partial charge in [0.25, 0.3) is 5.91 Å². The fourth-order valence-electron chi connectivity index (χ4n) is 5.73. The quantitative estimate of drug-likeness (QED) is 0.132. The molecule has 2 amide bonds. The molecule has 0 bridgehead atoms. The van der Waals surface area contributed by atoms with Crippen LogP contribution in [0.25, 0.3) is 0 Å². The Morgan fingerprint density at radius 2 is 1.19 bits per heavy atom. The van der Waals surface area contributed by atoms with Gasteiger partial charge in [-0.05, 0) is 28.7 Å². The lowest BCUT2D eigenvalue weighted by Gasteiger charge is -2.49. The first kappa shape index (κ1) is 33.1. The van der Waals surface area contributed by atoms with E-state index in [0.717, 1.165) is 22.3 Å². The van der Waals surface area contributed by atoms with E-state index in [1.807, 2.05) is 121 Å². The Labute approximate surface area is 288 Å². The van der Waals surface area contributed by atoms with Crippen molar-refractivity contribution in [3.63, 3.8) is 0 Å². The van der Waals surface area contributed by atoms with E-state index in [9.17, 15) is 19.2 Å². The Hall–Kier alpha value is -4.86. The summed E-state index contributed by atoms with van der Waals surface area (Å²) in [5.41, 5.74) is 3.23. The number of nitrogens with one attached hydrogen (secondary N) is 1. The molecule has 2 aliphatic heterocycles. The molecule has 2 aliphatic rings. The molecule has 1 saturated heterocycles. The molecule has 0 aromatic heterocycles. The number of β-lactam (4-membered cyclic amide) rings is 1. The third-order valence-electron chi connectivity index (χ3n) is 8.10. The molecule has 0 saturated carbocycles. The van der Waals surface area contributed by atoms with E-state index in [1.165, 1.54) is 16.7 Å². The van der Waals surface area contributed by atoms with Gasteiger partial charge in [-0.15, -0.1) is 11.8 Å². The number of rotatable bonds is 12.